The predicted octanol–water partition coefficient (Wildman–Crippen LogP) is 3.67. The number of benzene rings is 1. The van der Waals surface area contributed by atoms with Crippen LogP contribution in [0.5, 0.6) is 0 Å². The van der Waals surface area contributed by atoms with Crippen LogP contribution < -0.4 is 5.32 Å². The third-order valence-corrected chi connectivity index (χ3v) is 2.97. The number of anilines is 1. The number of ether oxygens (including phenoxy) is 1. The Labute approximate surface area is 113 Å². The number of hydrogen-bond donors (Lipinski definition) is 2. The first kappa shape index (κ1) is 12.9. The molecule has 0 bridgehead atoms. The van der Waals surface area contributed by atoms with E-state index >= 15 is 0 Å². The normalized spacial score (nSPS) is 11.6. The smallest absolute Gasteiger partial charge is 0.412 e. The second-order valence-corrected chi connectivity index (χ2v) is 5.65. The van der Waals surface area contributed by atoms with Gasteiger partial charge in [-0.15, -0.1) is 0 Å². The number of imidazole rings is 1. The highest BCUT2D eigenvalue weighted by molar-refractivity contribution is 9.10. The van der Waals surface area contributed by atoms with Gasteiger partial charge >= 0.3 is 6.09 Å². The van der Waals surface area contributed by atoms with E-state index < -0.39 is 11.7 Å². The zero-order chi connectivity index (χ0) is 13.3. The van der Waals surface area contributed by atoms with E-state index in [1.807, 2.05) is 26.8 Å². The molecule has 2 N–H and O–H groups in total. The highest BCUT2D eigenvalue weighted by Crippen LogP contribution is 2.29. The van der Waals surface area contributed by atoms with Crippen LogP contribution in [0.3, 0.4) is 0 Å². The Morgan fingerprint density at radius 3 is 2.83 bits per heavy atom. The average molecular weight is 312 g/mol. The van der Waals surface area contributed by atoms with Gasteiger partial charge in [-0.2, -0.15) is 0 Å². The summed E-state index contributed by atoms with van der Waals surface area (Å²) in [4.78, 5) is 18.8. The Bertz CT molecular complexity index is 587. The highest BCUT2D eigenvalue weighted by atomic mass is 79.9. The molecule has 0 aliphatic rings. The molecule has 1 aromatic heterocycles. The molecule has 2 rings (SSSR count). The van der Waals surface area contributed by atoms with E-state index in [1.54, 1.807) is 12.4 Å². The molecule has 2 aromatic rings. The number of fused-ring (bicyclic) bond motifs is 1. The van der Waals surface area contributed by atoms with Crippen LogP contribution in [0.2, 0.25) is 0 Å². The lowest BCUT2D eigenvalue weighted by molar-refractivity contribution is 0.0636. The van der Waals surface area contributed by atoms with Gasteiger partial charge in [0.2, 0.25) is 0 Å². The van der Waals surface area contributed by atoms with Gasteiger partial charge in [0.1, 0.15) is 11.1 Å². The van der Waals surface area contributed by atoms with Gasteiger partial charge in [-0.1, -0.05) is 0 Å². The standard InChI is InChI=1S/C12H14BrN3O2/c1-12(2,3)18-11(17)16-7-4-5-8-10(9(7)13)15-6-14-8/h4-6H,1-3H3,(H,14,15)(H,16,17). The minimum Gasteiger partial charge on any atom is -0.444 e. The maximum Gasteiger partial charge on any atom is 0.412 e. The minimum absolute atomic E-state index is 0.488. The van der Waals surface area contributed by atoms with Gasteiger partial charge < -0.3 is 9.72 Å². The molecule has 0 aliphatic carbocycles. The van der Waals surface area contributed by atoms with Crippen LogP contribution in [-0.4, -0.2) is 21.7 Å². The summed E-state index contributed by atoms with van der Waals surface area (Å²) in [6, 6.07) is 3.63. The topological polar surface area (TPSA) is 67.0 Å². The Morgan fingerprint density at radius 1 is 1.44 bits per heavy atom. The molecule has 0 saturated heterocycles. The van der Waals surface area contributed by atoms with E-state index in [0.29, 0.717) is 5.69 Å². The van der Waals surface area contributed by atoms with Crippen molar-refractivity contribution < 1.29 is 9.53 Å². The third-order valence-electron chi connectivity index (χ3n) is 2.17. The number of nitrogens with zero attached hydrogens (tertiary/aromatic N) is 1. The number of hydrogen-bond acceptors (Lipinski definition) is 3. The van der Waals surface area contributed by atoms with Crippen LogP contribution in [0.1, 0.15) is 20.8 Å². The molecule has 0 fully saturated rings. The third kappa shape index (κ3) is 2.81. The summed E-state index contributed by atoms with van der Waals surface area (Å²) in [6.45, 7) is 5.45. The zero-order valence-corrected chi connectivity index (χ0v) is 12.0. The van der Waals surface area contributed by atoms with Crippen LogP contribution in [-0.2, 0) is 4.74 Å². The Balaban J connectivity index is 2.21. The second-order valence-electron chi connectivity index (χ2n) is 4.85. The molecule has 0 unspecified atom stereocenters. The van der Waals surface area contributed by atoms with Crippen molar-refractivity contribution in [3.05, 3.63) is 22.9 Å². The Hall–Kier alpha value is -1.56. The van der Waals surface area contributed by atoms with Crippen molar-refractivity contribution in [1.29, 1.82) is 0 Å². The molecule has 0 spiro atoms. The van der Waals surface area contributed by atoms with Crippen LogP contribution in [0, 0.1) is 0 Å². The fraction of sp³-hybridized carbons (Fsp3) is 0.333. The number of amides is 1. The van der Waals surface area contributed by atoms with Crippen LogP contribution >= 0.6 is 15.9 Å². The molecule has 1 heterocycles. The minimum atomic E-state index is -0.521. The summed E-state index contributed by atoms with van der Waals surface area (Å²) in [6.07, 6.45) is 1.12. The zero-order valence-electron chi connectivity index (χ0n) is 10.4. The first-order valence-corrected chi connectivity index (χ1v) is 6.28. The number of H-pyrrole nitrogens is 1. The van der Waals surface area contributed by atoms with E-state index in [-0.39, 0.29) is 0 Å². The van der Waals surface area contributed by atoms with Crippen molar-refractivity contribution in [2.45, 2.75) is 26.4 Å². The molecule has 5 nitrogen and oxygen atoms in total. The van der Waals surface area contributed by atoms with Gasteiger partial charge in [-0.3, -0.25) is 5.32 Å². The Kier molecular flexibility index (Phi) is 3.30. The first-order valence-electron chi connectivity index (χ1n) is 5.48. The van der Waals surface area contributed by atoms with Crippen molar-refractivity contribution in [3.63, 3.8) is 0 Å². The molecule has 1 aromatic carbocycles. The largest absolute Gasteiger partial charge is 0.444 e. The lowest BCUT2D eigenvalue weighted by atomic mass is 10.2. The van der Waals surface area contributed by atoms with Gasteiger partial charge in [0.25, 0.3) is 0 Å². The van der Waals surface area contributed by atoms with Crippen LogP contribution in [0.25, 0.3) is 11.0 Å². The lowest BCUT2D eigenvalue weighted by Crippen LogP contribution is -2.27. The number of nitrogens with one attached hydrogen (secondary N) is 2. The summed E-state index contributed by atoms with van der Waals surface area (Å²) < 4.78 is 5.92. The number of carbonyl (C=O) groups excluding carboxylic acids is 1. The van der Waals surface area contributed by atoms with E-state index in [2.05, 4.69) is 31.2 Å². The van der Waals surface area contributed by atoms with E-state index in [1.165, 1.54) is 0 Å². The van der Waals surface area contributed by atoms with Crippen molar-refractivity contribution in [1.82, 2.24) is 9.97 Å². The molecule has 0 aliphatic heterocycles. The molecule has 6 heteroatoms. The van der Waals surface area contributed by atoms with Crippen molar-refractivity contribution >= 4 is 38.7 Å². The molecule has 1 amide bonds. The molecule has 18 heavy (non-hydrogen) atoms. The van der Waals surface area contributed by atoms with Gasteiger partial charge in [0, 0.05) is 0 Å². The lowest BCUT2D eigenvalue weighted by Gasteiger charge is -2.20. The SMILES string of the molecule is CC(C)(C)OC(=O)Nc1ccc2[nH]cnc2c1Br. The number of carbonyl (C=O) groups is 1. The average Bonchev–Trinajstić information content (AvgIpc) is 2.68. The number of halogens is 1. The number of aromatic amines is 1. The maximum atomic E-state index is 11.7. The quantitative estimate of drug-likeness (QED) is 0.844. The Morgan fingerprint density at radius 2 is 2.17 bits per heavy atom. The fourth-order valence-electron chi connectivity index (χ4n) is 1.48. The summed E-state index contributed by atoms with van der Waals surface area (Å²) in [5, 5.41) is 2.69. The van der Waals surface area contributed by atoms with E-state index in [0.717, 1.165) is 15.5 Å². The maximum absolute atomic E-state index is 11.7. The number of rotatable bonds is 1. The van der Waals surface area contributed by atoms with Crippen LogP contribution in [0.15, 0.2) is 22.9 Å². The van der Waals surface area contributed by atoms with Crippen LogP contribution in [0.4, 0.5) is 10.5 Å². The monoisotopic (exact) mass is 311 g/mol. The second kappa shape index (κ2) is 4.61. The first-order chi connectivity index (χ1) is 8.37. The molecular weight excluding hydrogens is 298 g/mol. The van der Waals surface area contributed by atoms with Gasteiger partial charge in [-0.25, -0.2) is 9.78 Å². The molecule has 96 valence electrons. The molecule has 0 atom stereocenters. The van der Waals surface area contributed by atoms with Gasteiger partial charge in [0.05, 0.1) is 22.0 Å². The molecule has 0 radical (unpaired) electrons. The molecular formula is C12H14BrN3O2. The summed E-state index contributed by atoms with van der Waals surface area (Å²) in [5.41, 5.74) is 1.77. The highest BCUT2D eigenvalue weighted by Gasteiger charge is 2.17. The van der Waals surface area contributed by atoms with Crippen molar-refractivity contribution in [3.8, 4) is 0 Å². The summed E-state index contributed by atoms with van der Waals surface area (Å²) in [5.74, 6) is 0. The predicted molar refractivity (Wildman–Crippen MR) is 73.7 cm³/mol. The van der Waals surface area contributed by atoms with Gasteiger partial charge in [0.15, 0.2) is 0 Å². The van der Waals surface area contributed by atoms with Gasteiger partial charge in [-0.05, 0) is 48.8 Å². The van der Waals surface area contributed by atoms with E-state index in [4.69, 9.17) is 4.74 Å². The summed E-state index contributed by atoms with van der Waals surface area (Å²) in [7, 11) is 0. The van der Waals surface area contributed by atoms with Crippen molar-refractivity contribution in [2.24, 2.45) is 0 Å². The van der Waals surface area contributed by atoms with E-state index in [9.17, 15) is 4.79 Å². The van der Waals surface area contributed by atoms with Crippen molar-refractivity contribution in [2.75, 3.05) is 5.32 Å². The molecule has 0 saturated carbocycles. The number of aromatic nitrogens is 2. The fourth-order valence-corrected chi connectivity index (χ4v) is 2.03. The summed E-state index contributed by atoms with van der Waals surface area (Å²) >= 11 is 3.42.